The standard InChI is InChI=1S/C17H22FN5O/c18-14-3-5-16(6-4-14)22-10-7-15(8-11-22)21-17(24)2-1-9-23-13-19-12-20-23/h3-6,12-13,15H,1-2,7-11H2,(H,21,24). The van der Waals surface area contributed by atoms with E-state index in [2.05, 4.69) is 20.3 Å². The molecule has 1 amide bonds. The molecule has 3 rings (SSSR count). The summed E-state index contributed by atoms with van der Waals surface area (Å²) >= 11 is 0. The minimum Gasteiger partial charge on any atom is -0.371 e. The summed E-state index contributed by atoms with van der Waals surface area (Å²) in [6.45, 7) is 2.45. The van der Waals surface area contributed by atoms with E-state index in [1.54, 1.807) is 23.1 Å². The highest BCUT2D eigenvalue weighted by atomic mass is 19.1. The second-order valence-electron chi connectivity index (χ2n) is 6.07. The maximum Gasteiger partial charge on any atom is 0.220 e. The molecule has 0 saturated carbocycles. The molecular formula is C17H22FN5O. The molecule has 7 heteroatoms. The molecule has 1 aromatic carbocycles. The molecule has 0 aliphatic carbocycles. The lowest BCUT2D eigenvalue weighted by atomic mass is 10.0. The van der Waals surface area contributed by atoms with Gasteiger partial charge in [0.05, 0.1) is 0 Å². The van der Waals surface area contributed by atoms with E-state index in [0.717, 1.165) is 38.0 Å². The zero-order valence-corrected chi connectivity index (χ0v) is 13.6. The predicted octanol–water partition coefficient (Wildman–Crippen LogP) is 1.98. The maximum absolute atomic E-state index is 13.0. The molecule has 1 aliphatic rings. The number of nitrogens with zero attached hydrogens (tertiary/aromatic N) is 4. The van der Waals surface area contributed by atoms with Crippen molar-refractivity contribution >= 4 is 11.6 Å². The Morgan fingerprint density at radius 2 is 2.00 bits per heavy atom. The zero-order valence-electron chi connectivity index (χ0n) is 13.6. The number of hydrogen-bond donors (Lipinski definition) is 1. The fraction of sp³-hybridized carbons (Fsp3) is 0.471. The number of aromatic nitrogens is 3. The van der Waals surface area contributed by atoms with Crippen molar-refractivity contribution in [3.63, 3.8) is 0 Å². The number of carbonyl (C=O) groups is 1. The minimum absolute atomic E-state index is 0.0929. The Balaban J connectivity index is 1.37. The molecule has 0 spiro atoms. The number of carbonyl (C=O) groups excluding carboxylic acids is 1. The Morgan fingerprint density at radius 1 is 1.25 bits per heavy atom. The number of piperidine rings is 1. The van der Waals surface area contributed by atoms with Crippen LogP contribution in [0.4, 0.5) is 10.1 Å². The topological polar surface area (TPSA) is 63.1 Å². The lowest BCUT2D eigenvalue weighted by molar-refractivity contribution is -0.122. The Hall–Kier alpha value is -2.44. The van der Waals surface area contributed by atoms with Crippen LogP contribution in [0.15, 0.2) is 36.9 Å². The van der Waals surface area contributed by atoms with Gasteiger partial charge in [0.1, 0.15) is 18.5 Å². The molecule has 6 nitrogen and oxygen atoms in total. The number of benzene rings is 1. The largest absolute Gasteiger partial charge is 0.371 e. The van der Waals surface area contributed by atoms with Crippen molar-refractivity contribution in [2.75, 3.05) is 18.0 Å². The first kappa shape index (κ1) is 16.4. The molecular weight excluding hydrogens is 309 g/mol. The van der Waals surface area contributed by atoms with Crippen molar-refractivity contribution in [3.05, 3.63) is 42.7 Å². The zero-order chi connectivity index (χ0) is 16.8. The van der Waals surface area contributed by atoms with Crippen LogP contribution >= 0.6 is 0 Å². The van der Waals surface area contributed by atoms with E-state index >= 15 is 0 Å². The normalized spacial score (nSPS) is 15.5. The SMILES string of the molecule is O=C(CCCn1cncn1)NC1CCN(c2ccc(F)cc2)CC1. The van der Waals surface area contributed by atoms with Gasteiger partial charge in [0, 0.05) is 37.8 Å². The molecule has 2 heterocycles. The van der Waals surface area contributed by atoms with Gasteiger partial charge < -0.3 is 10.2 Å². The number of aryl methyl sites for hydroxylation is 1. The molecule has 0 radical (unpaired) electrons. The van der Waals surface area contributed by atoms with E-state index < -0.39 is 0 Å². The molecule has 1 fully saturated rings. The van der Waals surface area contributed by atoms with Gasteiger partial charge in [-0.1, -0.05) is 0 Å². The van der Waals surface area contributed by atoms with Gasteiger partial charge in [-0.2, -0.15) is 5.10 Å². The fourth-order valence-electron chi connectivity index (χ4n) is 2.98. The van der Waals surface area contributed by atoms with Gasteiger partial charge in [0.2, 0.25) is 5.91 Å². The monoisotopic (exact) mass is 331 g/mol. The third-order valence-corrected chi connectivity index (χ3v) is 4.31. The van der Waals surface area contributed by atoms with Gasteiger partial charge in [0.15, 0.2) is 0 Å². The van der Waals surface area contributed by atoms with Crippen molar-refractivity contribution in [1.82, 2.24) is 20.1 Å². The summed E-state index contributed by atoms with van der Waals surface area (Å²) in [6.07, 6.45) is 6.22. The maximum atomic E-state index is 13.0. The Bertz CT molecular complexity index is 636. The van der Waals surface area contributed by atoms with Crippen LogP contribution in [0.1, 0.15) is 25.7 Å². The molecule has 1 N–H and O–H groups in total. The number of halogens is 1. The van der Waals surface area contributed by atoms with Crippen LogP contribution < -0.4 is 10.2 Å². The number of amides is 1. The quantitative estimate of drug-likeness (QED) is 0.879. The summed E-state index contributed by atoms with van der Waals surface area (Å²) in [5, 5.41) is 7.13. The molecule has 2 aromatic rings. The molecule has 1 saturated heterocycles. The lowest BCUT2D eigenvalue weighted by Gasteiger charge is -2.34. The molecule has 128 valence electrons. The first-order chi connectivity index (χ1) is 11.7. The van der Waals surface area contributed by atoms with Crippen LogP contribution in [0.2, 0.25) is 0 Å². The lowest BCUT2D eigenvalue weighted by Crippen LogP contribution is -2.44. The van der Waals surface area contributed by atoms with Crippen molar-refractivity contribution < 1.29 is 9.18 Å². The van der Waals surface area contributed by atoms with E-state index in [-0.39, 0.29) is 17.8 Å². The summed E-state index contributed by atoms with van der Waals surface area (Å²) in [5.41, 5.74) is 1.04. The van der Waals surface area contributed by atoms with Gasteiger partial charge >= 0.3 is 0 Å². The number of rotatable bonds is 6. The van der Waals surface area contributed by atoms with E-state index in [0.29, 0.717) is 13.0 Å². The van der Waals surface area contributed by atoms with Crippen LogP contribution in [0.3, 0.4) is 0 Å². The van der Waals surface area contributed by atoms with Gasteiger partial charge in [-0.05, 0) is 43.5 Å². The van der Waals surface area contributed by atoms with Crippen molar-refractivity contribution in [3.8, 4) is 0 Å². The van der Waals surface area contributed by atoms with Gasteiger partial charge in [0.25, 0.3) is 0 Å². The highest BCUT2D eigenvalue weighted by Gasteiger charge is 2.20. The van der Waals surface area contributed by atoms with Crippen LogP contribution in [-0.4, -0.2) is 39.8 Å². The Labute approximate surface area is 140 Å². The number of hydrogen-bond acceptors (Lipinski definition) is 4. The highest BCUT2D eigenvalue weighted by Crippen LogP contribution is 2.20. The first-order valence-electron chi connectivity index (χ1n) is 8.33. The molecule has 0 unspecified atom stereocenters. The van der Waals surface area contributed by atoms with Gasteiger partial charge in [-0.25, -0.2) is 9.37 Å². The second-order valence-corrected chi connectivity index (χ2v) is 6.07. The smallest absolute Gasteiger partial charge is 0.220 e. The minimum atomic E-state index is -0.216. The molecule has 0 atom stereocenters. The number of nitrogens with one attached hydrogen (secondary N) is 1. The third-order valence-electron chi connectivity index (χ3n) is 4.31. The summed E-state index contributed by atoms with van der Waals surface area (Å²) in [5.74, 6) is -0.123. The van der Waals surface area contributed by atoms with Gasteiger partial charge in [-0.15, -0.1) is 0 Å². The van der Waals surface area contributed by atoms with Crippen LogP contribution in [-0.2, 0) is 11.3 Å². The van der Waals surface area contributed by atoms with E-state index in [9.17, 15) is 9.18 Å². The fourth-order valence-corrected chi connectivity index (χ4v) is 2.98. The Kier molecular flexibility index (Phi) is 5.40. The Morgan fingerprint density at radius 3 is 2.67 bits per heavy atom. The average molecular weight is 331 g/mol. The third kappa shape index (κ3) is 4.53. The second kappa shape index (κ2) is 7.90. The summed E-state index contributed by atoms with van der Waals surface area (Å²) in [7, 11) is 0. The molecule has 1 aromatic heterocycles. The van der Waals surface area contributed by atoms with Crippen molar-refractivity contribution in [1.29, 1.82) is 0 Å². The van der Waals surface area contributed by atoms with Crippen LogP contribution in [0, 0.1) is 5.82 Å². The van der Waals surface area contributed by atoms with Crippen LogP contribution in [0.25, 0.3) is 0 Å². The van der Waals surface area contributed by atoms with Crippen LogP contribution in [0.5, 0.6) is 0 Å². The summed E-state index contributed by atoms with van der Waals surface area (Å²) in [4.78, 5) is 18.1. The van der Waals surface area contributed by atoms with E-state index in [1.807, 2.05) is 0 Å². The van der Waals surface area contributed by atoms with Gasteiger partial charge in [-0.3, -0.25) is 9.48 Å². The van der Waals surface area contributed by atoms with E-state index in [4.69, 9.17) is 0 Å². The summed E-state index contributed by atoms with van der Waals surface area (Å²) < 4.78 is 14.7. The van der Waals surface area contributed by atoms with Crippen molar-refractivity contribution in [2.24, 2.45) is 0 Å². The van der Waals surface area contributed by atoms with Crippen molar-refractivity contribution in [2.45, 2.75) is 38.3 Å². The molecule has 0 bridgehead atoms. The first-order valence-corrected chi connectivity index (χ1v) is 8.33. The highest BCUT2D eigenvalue weighted by molar-refractivity contribution is 5.76. The summed E-state index contributed by atoms with van der Waals surface area (Å²) in [6, 6.07) is 6.80. The predicted molar refractivity (Wildman–Crippen MR) is 89.0 cm³/mol. The number of anilines is 1. The average Bonchev–Trinajstić information content (AvgIpc) is 3.10. The van der Waals surface area contributed by atoms with E-state index in [1.165, 1.54) is 18.5 Å². The molecule has 24 heavy (non-hydrogen) atoms. The molecule has 1 aliphatic heterocycles.